The molecule has 2 heterocycles. The largest absolute Gasteiger partial charge is 0.469 e. The third-order valence-corrected chi connectivity index (χ3v) is 3.31. The van der Waals surface area contributed by atoms with Crippen molar-refractivity contribution >= 4 is 5.69 Å². The lowest BCUT2D eigenvalue weighted by atomic mass is 10.2. The summed E-state index contributed by atoms with van der Waals surface area (Å²) in [5.41, 5.74) is 2.91. The van der Waals surface area contributed by atoms with Crippen LogP contribution in [0.3, 0.4) is 0 Å². The van der Waals surface area contributed by atoms with Gasteiger partial charge in [0.15, 0.2) is 0 Å². The normalized spacial score (nSPS) is 12.4. The van der Waals surface area contributed by atoms with E-state index in [1.54, 1.807) is 12.5 Å². The van der Waals surface area contributed by atoms with Crippen LogP contribution in [0.15, 0.2) is 35.1 Å². The molecule has 1 N–H and O–H groups in total. The quantitative estimate of drug-likeness (QED) is 0.897. The fourth-order valence-corrected chi connectivity index (χ4v) is 1.95. The molecule has 102 valence electrons. The lowest BCUT2D eigenvalue weighted by Gasteiger charge is -2.19. The molecule has 0 fully saturated rings. The SMILES string of the molecule is CC[C@@H](O)c1ccc(N(C)Cc2ccoc2C)cn1. The van der Waals surface area contributed by atoms with Crippen molar-refractivity contribution in [3.63, 3.8) is 0 Å². The van der Waals surface area contributed by atoms with Gasteiger partial charge in [-0.25, -0.2) is 0 Å². The Balaban J connectivity index is 2.07. The number of hydrogen-bond donors (Lipinski definition) is 1. The summed E-state index contributed by atoms with van der Waals surface area (Å²) < 4.78 is 5.29. The number of hydrogen-bond acceptors (Lipinski definition) is 4. The van der Waals surface area contributed by atoms with Crippen LogP contribution >= 0.6 is 0 Å². The van der Waals surface area contributed by atoms with Gasteiger partial charge in [-0.2, -0.15) is 0 Å². The van der Waals surface area contributed by atoms with Gasteiger partial charge in [-0.15, -0.1) is 0 Å². The third kappa shape index (κ3) is 3.15. The number of pyridine rings is 1. The molecule has 0 aliphatic heterocycles. The third-order valence-electron chi connectivity index (χ3n) is 3.31. The van der Waals surface area contributed by atoms with Gasteiger partial charge in [0, 0.05) is 19.2 Å². The summed E-state index contributed by atoms with van der Waals surface area (Å²) in [6.07, 6.45) is 3.70. The standard InChI is InChI=1S/C15H20N2O2/c1-4-15(18)14-6-5-13(9-16-14)17(3)10-12-7-8-19-11(12)2/h5-9,15,18H,4,10H2,1-3H3/t15-/m1/s1. The summed E-state index contributed by atoms with van der Waals surface area (Å²) in [4.78, 5) is 6.41. The second-order valence-electron chi connectivity index (χ2n) is 4.72. The first-order valence-electron chi connectivity index (χ1n) is 6.50. The minimum absolute atomic E-state index is 0.476. The van der Waals surface area contributed by atoms with Crippen LogP contribution in [0.2, 0.25) is 0 Å². The predicted octanol–water partition coefficient (Wildman–Crippen LogP) is 3.06. The van der Waals surface area contributed by atoms with Gasteiger partial charge in [0.2, 0.25) is 0 Å². The summed E-state index contributed by atoms with van der Waals surface area (Å²) in [5, 5.41) is 9.71. The van der Waals surface area contributed by atoms with Gasteiger partial charge < -0.3 is 14.4 Å². The molecule has 0 aromatic carbocycles. The molecular formula is C15H20N2O2. The number of furan rings is 1. The summed E-state index contributed by atoms with van der Waals surface area (Å²) >= 11 is 0. The Kier molecular flexibility index (Phi) is 4.22. The molecular weight excluding hydrogens is 240 g/mol. The van der Waals surface area contributed by atoms with Gasteiger partial charge in [0.1, 0.15) is 5.76 Å². The van der Waals surface area contributed by atoms with E-state index in [4.69, 9.17) is 4.42 Å². The van der Waals surface area contributed by atoms with Crippen molar-refractivity contribution in [2.24, 2.45) is 0 Å². The van der Waals surface area contributed by atoms with E-state index in [-0.39, 0.29) is 0 Å². The first kappa shape index (κ1) is 13.6. The molecule has 0 aliphatic carbocycles. The Morgan fingerprint density at radius 2 is 2.16 bits per heavy atom. The number of nitrogens with zero attached hydrogens (tertiary/aromatic N) is 2. The van der Waals surface area contributed by atoms with Gasteiger partial charge in [-0.3, -0.25) is 4.98 Å². The average molecular weight is 260 g/mol. The van der Waals surface area contributed by atoms with Gasteiger partial charge in [0.05, 0.1) is 29.9 Å². The number of aromatic nitrogens is 1. The van der Waals surface area contributed by atoms with E-state index in [0.29, 0.717) is 6.42 Å². The zero-order valence-electron chi connectivity index (χ0n) is 11.6. The number of aliphatic hydroxyl groups is 1. The van der Waals surface area contributed by atoms with Crippen molar-refractivity contribution in [2.45, 2.75) is 32.9 Å². The van der Waals surface area contributed by atoms with Crippen molar-refractivity contribution in [2.75, 3.05) is 11.9 Å². The molecule has 1 atom stereocenters. The molecule has 4 heteroatoms. The minimum Gasteiger partial charge on any atom is -0.469 e. The average Bonchev–Trinajstić information content (AvgIpc) is 2.83. The molecule has 0 spiro atoms. The van der Waals surface area contributed by atoms with Crippen LogP contribution in [0.5, 0.6) is 0 Å². The molecule has 0 unspecified atom stereocenters. The van der Waals surface area contributed by atoms with Crippen LogP contribution in [0.4, 0.5) is 5.69 Å². The van der Waals surface area contributed by atoms with E-state index in [1.807, 2.05) is 39.1 Å². The predicted molar refractivity (Wildman–Crippen MR) is 75.0 cm³/mol. The molecule has 0 amide bonds. The number of rotatable bonds is 5. The van der Waals surface area contributed by atoms with Crippen LogP contribution in [0.1, 0.15) is 36.5 Å². The molecule has 0 aliphatic rings. The zero-order chi connectivity index (χ0) is 13.8. The van der Waals surface area contributed by atoms with Crippen molar-refractivity contribution in [1.29, 1.82) is 0 Å². The maximum atomic E-state index is 9.71. The van der Waals surface area contributed by atoms with E-state index < -0.39 is 6.10 Å². The smallest absolute Gasteiger partial charge is 0.105 e. The monoisotopic (exact) mass is 260 g/mol. The van der Waals surface area contributed by atoms with Gasteiger partial charge in [-0.1, -0.05) is 6.92 Å². The molecule has 19 heavy (non-hydrogen) atoms. The van der Waals surface area contributed by atoms with Crippen LogP contribution in [-0.4, -0.2) is 17.1 Å². The summed E-state index contributed by atoms with van der Waals surface area (Å²) in [7, 11) is 2.01. The fraction of sp³-hybridized carbons (Fsp3) is 0.400. The molecule has 0 saturated heterocycles. The molecule has 0 saturated carbocycles. The fourth-order valence-electron chi connectivity index (χ4n) is 1.95. The Morgan fingerprint density at radius 3 is 2.68 bits per heavy atom. The van der Waals surface area contributed by atoms with Crippen molar-refractivity contribution in [3.05, 3.63) is 47.7 Å². The topological polar surface area (TPSA) is 49.5 Å². The Morgan fingerprint density at radius 1 is 1.37 bits per heavy atom. The first-order valence-corrected chi connectivity index (χ1v) is 6.50. The summed E-state index contributed by atoms with van der Waals surface area (Å²) in [5.74, 6) is 0.942. The number of aliphatic hydroxyl groups excluding tert-OH is 1. The summed E-state index contributed by atoms with van der Waals surface area (Å²) in [6.45, 7) is 4.68. The Labute approximate surface area is 113 Å². The maximum absolute atomic E-state index is 9.71. The van der Waals surface area contributed by atoms with Crippen molar-refractivity contribution in [3.8, 4) is 0 Å². The number of aryl methyl sites for hydroxylation is 1. The van der Waals surface area contributed by atoms with Gasteiger partial charge in [-0.05, 0) is 31.5 Å². The zero-order valence-corrected chi connectivity index (χ0v) is 11.6. The maximum Gasteiger partial charge on any atom is 0.105 e. The van der Waals surface area contributed by atoms with Gasteiger partial charge >= 0.3 is 0 Å². The number of anilines is 1. The van der Waals surface area contributed by atoms with E-state index in [2.05, 4.69) is 9.88 Å². The molecule has 2 aromatic heterocycles. The van der Waals surface area contributed by atoms with Crippen LogP contribution in [0.25, 0.3) is 0 Å². The lowest BCUT2D eigenvalue weighted by molar-refractivity contribution is 0.169. The highest BCUT2D eigenvalue weighted by Gasteiger charge is 2.09. The highest BCUT2D eigenvalue weighted by molar-refractivity contribution is 5.44. The lowest BCUT2D eigenvalue weighted by Crippen LogP contribution is -2.17. The Hall–Kier alpha value is -1.81. The van der Waals surface area contributed by atoms with E-state index in [9.17, 15) is 5.11 Å². The van der Waals surface area contributed by atoms with Crippen LogP contribution in [0, 0.1) is 6.92 Å². The molecule has 2 aromatic rings. The van der Waals surface area contributed by atoms with E-state index in [1.165, 1.54) is 5.56 Å². The van der Waals surface area contributed by atoms with Crippen LogP contribution < -0.4 is 4.90 Å². The second kappa shape index (κ2) is 5.89. The van der Waals surface area contributed by atoms with Gasteiger partial charge in [0.25, 0.3) is 0 Å². The molecule has 0 bridgehead atoms. The molecule has 4 nitrogen and oxygen atoms in total. The highest BCUT2D eigenvalue weighted by Crippen LogP contribution is 2.20. The highest BCUT2D eigenvalue weighted by atomic mass is 16.3. The molecule has 0 radical (unpaired) electrons. The van der Waals surface area contributed by atoms with Crippen LogP contribution in [-0.2, 0) is 6.54 Å². The van der Waals surface area contributed by atoms with Crippen molar-refractivity contribution in [1.82, 2.24) is 4.98 Å². The van der Waals surface area contributed by atoms with Crippen molar-refractivity contribution < 1.29 is 9.52 Å². The first-order chi connectivity index (χ1) is 9.11. The molecule has 2 rings (SSSR count). The van der Waals surface area contributed by atoms with E-state index in [0.717, 1.165) is 23.7 Å². The second-order valence-corrected chi connectivity index (χ2v) is 4.72. The summed E-state index contributed by atoms with van der Waals surface area (Å²) in [6, 6.07) is 5.84. The van der Waals surface area contributed by atoms with E-state index >= 15 is 0 Å². The minimum atomic E-state index is -0.476. The Bertz CT molecular complexity index is 519.